The minimum Gasteiger partial charge on any atom is -0.497 e. The molecule has 9 heteroatoms. The second-order valence-corrected chi connectivity index (χ2v) is 5.81. The first kappa shape index (κ1) is 15.3. The number of H-pyrrole nitrogens is 1. The van der Waals surface area contributed by atoms with Crippen LogP contribution in [0.4, 0.5) is 0 Å². The Balaban J connectivity index is 1.49. The Labute approximate surface area is 143 Å². The van der Waals surface area contributed by atoms with E-state index < -0.39 is 0 Å². The predicted molar refractivity (Wildman–Crippen MR) is 87.5 cm³/mol. The highest BCUT2D eigenvalue weighted by Gasteiger charge is 2.24. The van der Waals surface area contributed by atoms with Crippen molar-refractivity contribution in [1.82, 2.24) is 35.1 Å². The molecule has 0 bridgehead atoms. The quantitative estimate of drug-likeness (QED) is 0.749. The van der Waals surface area contributed by atoms with Crippen LogP contribution in [0.5, 0.6) is 5.75 Å². The van der Waals surface area contributed by atoms with E-state index in [1.54, 1.807) is 12.0 Å². The van der Waals surface area contributed by atoms with Gasteiger partial charge in [0.05, 0.1) is 25.0 Å². The SMILES string of the molecule is COc1ccc(-c2nc3c([nH]2)CN(C(=O)Cn2cnnn2)CC3)cc1. The first-order valence-corrected chi connectivity index (χ1v) is 7.93. The van der Waals surface area contributed by atoms with E-state index in [1.807, 2.05) is 24.3 Å². The van der Waals surface area contributed by atoms with Crippen molar-refractivity contribution < 1.29 is 9.53 Å². The third-order valence-corrected chi connectivity index (χ3v) is 4.24. The number of nitrogens with zero attached hydrogens (tertiary/aromatic N) is 6. The number of aromatic amines is 1. The highest BCUT2D eigenvalue weighted by atomic mass is 16.5. The number of fused-ring (bicyclic) bond motifs is 1. The lowest BCUT2D eigenvalue weighted by Gasteiger charge is -2.25. The zero-order chi connectivity index (χ0) is 17.2. The van der Waals surface area contributed by atoms with Crippen LogP contribution < -0.4 is 4.74 Å². The predicted octanol–water partition coefficient (Wildman–Crippen LogP) is 0.657. The van der Waals surface area contributed by atoms with Gasteiger partial charge in [-0.15, -0.1) is 5.10 Å². The molecular formula is C16H17N7O2. The van der Waals surface area contributed by atoms with Gasteiger partial charge in [-0.2, -0.15) is 0 Å². The number of hydrogen-bond donors (Lipinski definition) is 1. The minimum absolute atomic E-state index is 0.0152. The molecular weight excluding hydrogens is 322 g/mol. The molecule has 0 atom stereocenters. The maximum atomic E-state index is 12.4. The Kier molecular flexibility index (Phi) is 3.88. The molecule has 0 fully saturated rings. The Morgan fingerprint density at radius 1 is 1.32 bits per heavy atom. The summed E-state index contributed by atoms with van der Waals surface area (Å²) in [4.78, 5) is 22.2. The van der Waals surface area contributed by atoms with Gasteiger partial charge < -0.3 is 14.6 Å². The third-order valence-electron chi connectivity index (χ3n) is 4.24. The van der Waals surface area contributed by atoms with E-state index >= 15 is 0 Å². The van der Waals surface area contributed by atoms with Crippen LogP contribution in [0.15, 0.2) is 30.6 Å². The molecule has 1 aromatic carbocycles. The average molecular weight is 339 g/mol. The molecule has 128 valence electrons. The second kappa shape index (κ2) is 6.34. The topological polar surface area (TPSA) is 102 Å². The van der Waals surface area contributed by atoms with Gasteiger partial charge in [0.25, 0.3) is 0 Å². The van der Waals surface area contributed by atoms with Gasteiger partial charge in [0.1, 0.15) is 24.4 Å². The Morgan fingerprint density at radius 2 is 2.16 bits per heavy atom. The third kappa shape index (κ3) is 3.08. The zero-order valence-electron chi connectivity index (χ0n) is 13.7. The number of carbonyl (C=O) groups excluding carboxylic acids is 1. The van der Waals surface area contributed by atoms with Gasteiger partial charge in [0.15, 0.2) is 0 Å². The van der Waals surface area contributed by atoms with Crippen molar-refractivity contribution in [3.8, 4) is 17.1 Å². The molecule has 9 nitrogen and oxygen atoms in total. The van der Waals surface area contributed by atoms with E-state index in [1.165, 1.54) is 11.0 Å². The summed E-state index contributed by atoms with van der Waals surface area (Å²) in [5.74, 6) is 1.60. The molecule has 25 heavy (non-hydrogen) atoms. The van der Waals surface area contributed by atoms with Crippen molar-refractivity contribution in [2.24, 2.45) is 0 Å². The van der Waals surface area contributed by atoms with Crippen molar-refractivity contribution in [1.29, 1.82) is 0 Å². The number of aromatic nitrogens is 6. The van der Waals surface area contributed by atoms with Crippen LogP contribution in [0.3, 0.4) is 0 Å². The fraction of sp³-hybridized carbons (Fsp3) is 0.312. The zero-order valence-corrected chi connectivity index (χ0v) is 13.7. The number of tetrazole rings is 1. The number of ether oxygens (including phenoxy) is 1. The van der Waals surface area contributed by atoms with Gasteiger partial charge in [0.2, 0.25) is 5.91 Å². The summed E-state index contributed by atoms with van der Waals surface area (Å²) in [7, 11) is 1.64. The van der Waals surface area contributed by atoms with Crippen LogP contribution in [0, 0.1) is 0 Å². The molecule has 1 amide bonds. The summed E-state index contributed by atoms with van der Waals surface area (Å²) >= 11 is 0. The lowest BCUT2D eigenvalue weighted by atomic mass is 10.1. The number of methoxy groups -OCH3 is 1. The van der Waals surface area contributed by atoms with Crippen LogP contribution >= 0.6 is 0 Å². The number of hydrogen-bond acceptors (Lipinski definition) is 6. The van der Waals surface area contributed by atoms with Crippen molar-refractivity contribution in [3.63, 3.8) is 0 Å². The summed E-state index contributed by atoms with van der Waals surface area (Å²) in [5.41, 5.74) is 2.97. The van der Waals surface area contributed by atoms with Crippen LogP contribution in [-0.4, -0.2) is 54.6 Å². The molecule has 3 aromatic rings. The smallest absolute Gasteiger partial charge is 0.244 e. The van der Waals surface area contributed by atoms with E-state index in [9.17, 15) is 4.79 Å². The molecule has 0 unspecified atom stereocenters. The molecule has 1 aliphatic heterocycles. The molecule has 1 N–H and O–H groups in total. The minimum atomic E-state index is -0.0152. The fourth-order valence-electron chi connectivity index (χ4n) is 2.88. The Hall–Kier alpha value is -3.23. The van der Waals surface area contributed by atoms with Gasteiger partial charge in [-0.3, -0.25) is 4.79 Å². The molecule has 0 spiro atoms. The molecule has 4 rings (SSSR count). The molecule has 3 heterocycles. The van der Waals surface area contributed by atoms with Crippen molar-refractivity contribution in [2.45, 2.75) is 19.5 Å². The Bertz CT molecular complexity index is 871. The normalized spacial score (nSPS) is 13.6. The number of imidazole rings is 1. The highest BCUT2D eigenvalue weighted by molar-refractivity contribution is 5.76. The average Bonchev–Trinajstić information content (AvgIpc) is 3.30. The standard InChI is InChI=1S/C16H17N7O2/c1-25-12-4-2-11(3-5-12)16-18-13-6-7-22(8-14(13)19-16)15(24)9-23-10-17-20-21-23/h2-5,10H,6-9H2,1H3,(H,18,19). The van der Waals surface area contributed by atoms with Crippen LogP contribution in [0.2, 0.25) is 0 Å². The van der Waals surface area contributed by atoms with Gasteiger partial charge >= 0.3 is 0 Å². The summed E-state index contributed by atoms with van der Waals surface area (Å²) < 4.78 is 6.60. The van der Waals surface area contributed by atoms with E-state index in [0.717, 1.165) is 34.9 Å². The number of carbonyl (C=O) groups is 1. The second-order valence-electron chi connectivity index (χ2n) is 5.81. The summed E-state index contributed by atoms with van der Waals surface area (Å²) in [5, 5.41) is 10.8. The van der Waals surface area contributed by atoms with E-state index in [0.29, 0.717) is 13.1 Å². The maximum Gasteiger partial charge on any atom is 0.244 e. The first-order chi connectivity index (χ1) is 12.2. The number of rotatable bonds is 4. The van der Waals surface area contributed by atoms with Crippen molar-refractivity contribution >= 4 is 5.91 Å². The Morgan fingerprint density at radius 3 is 2.88 bits per heavy atom. The maximum absolute atomic E-state index is 12.4. The summed E-state index contributed by atoms with van der Waals surface area (Å²) in [6.45, 7) is 1.29. The highest BCUT2D eigenvalue weighted by Crippen LogP contribution is 2.24. The molecule has 0 radical (unpaired) electrons. The van der Waals surface area contributed by atoms with Gasteiger partial charge in [0, 0.05) is 18.5 Å². The van der Waals surface area contributed by atoms with Gasteiger partial charge in [-0.1, -0.05) is 0 Å². The van der Waals surface area contributed by atoms with Gasteiger partial charge in [-0.05, 0) is 34.7 Å². The lowest BCUT2D eigenvalue weighted by Crippen LogP contribution is -2.38. The summed E-state index contributed by atoms with van der Waals surface area (Å²) in [6, 6.07) is 7.73. The summed E-state index contributed by atoms with van der Waals surface area (Å²) in [6.07, 6.45) is 2.16. The number of nitrogens with one attached hydrogen (secondary N) is 1. The molecule has 0 saturated carbocycles. The monoisotopic (exact) mass is 339 g/mol. The van der Waals surface area contributed by atoms with Gasteiger partial charge in [-0.25, -0.2) is 9.67 Å². The van der Waals surface area contributed by atoms with E-state index in [2.05, 4.69) is 25.5 Å². The number of benzene rings is 1. The van der Waals surface area contributed by atoms with E-state index in [-0.39, 0.29) is 12.5 Å². The van der Waals surface area contributed by atoms with Crippen LogP contribution in [0.1, 0.15) is 11.4 Å². The van der Waals surface area contributed by atoms with Crippen LogP contribution in [0.25, 0.3) is 11.4 Å². The fourth-order valence-corrected chi connectivity index (χ4v) is 2.88. The van der Waals surface area contributed by atoms with E-state index in [4.69, 9.17) is 4.74 Å². The lowest BCUT2D eigenvalue weighted by molar-refractivity contribution is -0.133. The van der Waals surface area contributed by atoms with Crippen molar-refractivity contribution in [3.05, 3.63) is 42.0 Å². The number of amides is 1. The van der Waals surface area contributed by atoms with Crippen LogP contribution in [-0.2, 0) is 24.3 Å². The molecule has 2 aromatic heterocycles. The first-order valence-electron chi connectivity index (χ1n) is 7.93. The van der Waals surface area contributed by atoms with Crippen molar-refractivity contribution in [2.75, 3.05) is 13.7 Å². The molecule has 0 saturated heterocycles. The molecule has 1 aliphatic rings. The largest absolute Gasteiger partial charge is 0.497 e. The molecule has 0 aliphatic carbocycles.